The molecule has 2 amide bonds. The lowest BCUT2D eigenvalue weighted by Crippen LogP contribution is -2.53. The van der Waals surface area contributed by atoms with E-state index in [0.717, 1.165) is 27.2 Å². The van der Waals surface area contributed by atoms with Crippen molar-refractivity contribution in [1.29, 1.82) is 0 Å². The fourth-order valence-electron chi connectivity index (χ4n) is 4.03. The Balaban J connectivity index is 1.42. The molecule has 0 radical (unpaired) electrons. The average molecular weight is 408 g/mol. The molecule has 0 heterocycles. The van der Waals surface area contributed by atoms with Crippen LogP contribution in [0.5, 0.6) is 0 Å². The molecule has 0 aromatic heterocycles. The smallest absolute Gasteiger partial charge is 0.408 e. The SMILES string of the molecule is CC(C(=O)O)N(C)C(=O)C1(NC(=O)OCC2c3ccccc3-c3ccccc32)CC1. The van der Waals surface area contributed by atoms with E-state index in [1.165, 1.54) is 14.0 Å². The minimum atomic E-state index is -1.09. The summed E-state index contributed by atoms with van der Waals surface area (Å²) in [6.07, 6.45) is 0.262. The van der Waals surface area contributed by atoms with Gasteiger partial charge in [-0.2, -0.15) is 0 Å². The summed E-state index contributed by atoms with van der Waals surface area (Å²) in [5.41, 5.74) is 3.43. The normalized spacial score (nSPS) is 16.7. The van der Waals surface area contributed by atoms with E-state index in [4.69, 9.17) is 9.84 Å². The highest BCUT2D eigenvalue weighted by Gasteiger charge is 2.54. The lowest BCUT2D eigenvalue weighted by Gasteiger charge is -2.27. The molecular formula is C23H24N2O5. The molecule has 1 saturated carbocycles. The molecule has 2 N–H and O–H groups in total. The zero-order valence-electron chi connectivity index (χ0n) is 16.9. The van der Waals surface area contributed by atoms with Crippen LogP contribution >= 0.6 is 0 Å². The molecule has 2 aromatic rings. The van der Waals surface area contributed by atoms with Crippen LogP contribution in [0.25, 0.3) is 11.1 Å². The second-order valence-electron chi connectivity index (χ2n) is 7.96. The Morgan fingerprint density at radius 3 is 2.13 bits per heavy atom. The number of amides is 2. The van der Waals surface area contributed by atoms with Crippen LogP contribution in [0, 0.1) is 0 Å². The maximum atomic E-state index is 12.7. The van der Waals surface area contributed by atoms with Gasteiger partial charge in [-0.25, -0.2) is 9.59 Å². The van der Waals surface area contributed by atoms with Crippen molar-refractivity contribution in [2.75, 3.05) is 13.7 Å². The Hall–Kier alpha value is -3.35. The van der Waals surface area contributed by atoms with Gasteiger partial charge in [0.1, 0.15) is 18.2 Å². The number of fused-ring (bicyclic) bond motifs is 3. The Bertz CT molecular complexity index is 969. The Morgan fingerprint density at radius 2 is 1.63 bits per heavy atom. The summed E-state index contributed by atoms with van der Waals surface area (Å²) in [4.78, 5) is 37.5. The van der Waals surface area contributed by atoms with E-state index in [9.17, 15) is 14.4 Å². The number of carbonyl (C=O) groups excluding carboxylic acids is 2. The Kier molecular flexibility index (Phi) is 4.97. The van der Waals surface area contributed by atoms with Gasteiger partial charge >= 0.3 is 12.1 Å². The maximum absolute atomic E-state index is 12.7. The summed E-state index contributed by atoms with van der Waals surface area (Å²) in [6.45, 7) is 1.59. The zero-order chi connectivity index (χ0) is 21.5. The van der Waals surface area contributed by atoms with Crippen LogP contribution in [-0.2, 0) is 14.3 Å². The van der Waals surface area contributed by atoms with Gasteiger partial charge < -0.3 is 20.1 Å². The third-order valence-electron chi connectivity index (χ3n) is 6.10. The van der Waals surface area contributed by atoms with Crippen LogP contribution in [-0.4, -0.2) is 53.2 Å². The van der Waals surface area contributed by atoms with Crippen LogP contribution in [0.3, 0.4) is 0 Å². The predicted octanol–water partition coefficient (Wildman–Crippen LogP) is 2.99. The molecule has 0 aliphatic heterocycles. The second kappa shape index (κ2) is 7.48. The van der Waals surface area contributed by atoms with Crippen LogP contribution in [0.2, 0.25) is 0 Å². The van der Waals surface area contributed by atoms with Crippen molar-refractivity contribution >= 4 is 18.0 Å². The van der Waals surface area contributed by atoms with E-state index in [2.05, 4.69) is 17.4 Å². The number of carboxylic acids is 1. The lowest BCUT2D eigenvalue weighted by atomic mass is 9.98. The topological polar surface area (TPSA) is 95.9 Å². The molecule has 1 unspecified atom stereocenters. The van der Waals surface area contributed by atoms with Gasteiger partial charge in [0.15, 0.2) is 0 Å². The van der Waals surface area contributed by atoms with Crippen molar-refractivity contribution in [2.24, 2.45) is 0 Å². The van der Waals surface area contributed by atoms with E-state index in [-0.39, 0.29) is 12.5 Å². The fraction of sp³-hybridized carbons (Fsp3) is 0.348. The van der Waals surface area contributed by atoms with Crippen molar-refractivity contribution in [3.05, 3.63) is 59.7 Å². The minimum absolute atomic E-state index is 0.0660. The summed E-state index contributed by atoms with van der Waals surface area (Å²) in [5.74, 6) is -1.57. The molecule has 1 fully saturated rings. The van der Waals surface area contributed by atoms with E-state index >= 15 is 0 Å². The van der Waals surface area contributed by atoms with E-state index in [1.807, 2.05) is 36.4 Å². The number of nitrogens with one attached hydrogen (secondary N) is 1. The first-order chi connectivity index (χ1) is 14.3. The number of aliphatic carboxylic acids is 1. The molecule has 2 aliphatic rings. The van der Waals surface area contributed by atoms with E-state index in [1.54, 1.807) is 0 Å². The van der Waals surface area contributed by atoms with Gasteiger partial charge in [0.25, 0.3) is 0 Å². The van der Waals surface area contributed by atoms with Gasteiger partial charge in [-0.1, -0.05) is 48.5 Å². The lowest BCUT2D eigenvalue weighted by molar-refractivity contribution is -0.149. The first kappa shape index (κ1) is 19.9. The van der Waals surface area contributed by atoms with Gasteiger partial charge in [0.2, 0.25) is 5.91 Å². The number of hydrogen-bond acceptors (Lipinski definition) is 4. The van der Waals surface area contributed by atoms with Gasteiger partial charge in [-0.15, -0.1) is 0 Å². The molecule has 7 nitrogen and oxygen atoms in total. The van der Waals surface area contributed by atoms with Gasteiger partial charge in [-0.3, -0.25) is 4.79 Å². The number of carboxylic acid groups (broad SMARTS) is 1. The second-order valence-corrected chi connectivity index (χ2v) is 7.96. The van der Waals surface area contributed by atoms with Crippen molar-refractivity contribution < 1.29 is 24.2 Å². The number of ether oxygens (including phenoxy) is 1. The number of nitrogens with zero attached hydrogens (tertiary/aromatic N) is 1. The van der Waals surface area contributed by atoms with E-state index in [0.29, 0.717) is 12.8 Å². The maximum Gasteiger partial charge on any atom is 0.408 e. The van der Waals surface area contributed by atoms with Crippen LogP contribution in [0.15, 0.2) is 48.5 Å². The molecule has 0 bridgehead atoms. The summed E-state index contributed by atoms with van der Waals surface area (Å²) >= 11 is 0. The molecule has 30 heavy (non-hydrogen) atoms. The van der Waals surface area contributed by atoms with Gasteiger partial charge in [0.05, 0.1) is 0 Å². The van der Waals surface area contributed by atoms with Crippen molar-refractivity contribution in [3.8, 4) is 11.1 Å². The third kappa shape index (κ3) is 3.40. The highest BCUT2D eigenvalue weighted by Crippen LogP contribution is 2.44. The summed E-state index contributed by atoms with van der Waals surface area (Å²) in [6, 6.07) is 15.1. The summed E-state index contributed by atoms with van der Waals surface area (Å²) in [5, 5.41) is 11.8. The monoisotopic (exact) mass is 408 g/mol. The van der Waals surface area contributed by atoms with Crippen LogP contribution in [0.4, 0.5) is 4.79 Å². The minimum Gasteiger partial charge on any atom is -0.480 e. The highest BCUT2D eigenvalue weighted by molar-refractivity contribution is 5.95. The van der Waals surface area contributed by atoms with Crippen LogP contribution < -0.4 is 5.32 Å². The summed E-state index contributed by atoms with van der Waals surface area (Å²) < 4.78 is 5.52. The predicted molar refractivity (Wildman–Crippen MR) is 110 cm³/mol. The first-order valence-electron chi connectivity index (χ1n) is 9.97. The molecule has 2 aliphatic carbocycles. The van der Waals surface area contributed by atoms with Gasteiger partial charge in [0, 0.05) is 13.0 Å². The molecule has 4 rings (SSSR count). The molecule has 0 spiro atoms. The zero-order valence-corrected chi connectivity index (χ0v) is 16.9. The number of carbonyl (C=O) groups is 3. The van der Waals surface area contributed by atoms with Gasteiger partial charge in [-0.05, 0) is 42.0 Å². The molecule has 2 aromatic carbocycles. The average Bonchev–Trinajstić information content (AvgIpc) is 3.46. The standard InChI is InChI=1S/C23H24N2O5/c1-14(20(26)27)25(2)21(28)23(11-12-23)24-22(29)30-13-19-17-9-5-3-7-15(17)16-8-4-6-10-18(16)19/h3-10,14,19H,11-13H2,1-2H3,(H,24,29)(H,26,27). The Morgan fingerprint density at radius 1 is 1.10 bits per heavy atom. The molecule has 0 saturated heterocycles. The van der Waals surface area contributed by atoms with Crippen LogP contribution in [0.1, 0.15) is 36.8 Å². The molecule has 7 heteroatoms. The molecular weight excluding hydrogens is 384 g/mol. The number of likely N-dealkylation sites (N-methyl/N-ethyl adjacent to an activating group) is 1. The van der Waals surface area contributed by atoms with Crippen molar-refractivity contribution in [1.82, 2.24) is 10.2 Å². The van der Waals surface area contributed by atoms with Crippen molar-refractivity contribution in [3.63, 3.8) is 0 Å². The van der Waals surface area contributed by atoms with Crippen molar-refractivity contribution in [2.45, 2.75) is 37.3 Å². The number of alkyl carbamates (subject to hydrolysis) is 1. The molecule has 1 atom stereocenters. The fourth-order valence-corrected chi connectivity index (χ4v) is 4.03. The highest BCUT2D eigenvalue weighted by atomic mass is 16.5. The number of rotatable bonds is 6. The summed E-state index contributed by atoms with van der Waals surface area (Å²) in [7, 11) is 1.43. The quantitative estimate of drug-likeness (QED) is 0.766. The number of benzene rings is 2. The van der Waals surface area contributed by atoms with E-state index < -0.39 is 29.6 Å². The number of hydrogen-bond donors (Lipinski definition) is 2. The largest absolute Gasteiger partial charge is 0.480 e. The Labute approximate surface area is 174 Å². The molecule has 156 valence electrons. The first-order valence-corrected chi connectivity index (χ1v) is 9.97. The third-order valence-corrected chi connectivity index (χ3v) is 6.10.